The molecule has 1 atom stereocenters. The maximum Gasteiger partial charge on any atom is 0.232 e. The number of hydrogen-bond donors (Lipinski definition) is 1. The minimum atomic E-state index is -0.262. The molecule has 1 fully saturated rings. The highest BCUT2D eigenvalue weighted by molar-refractivity contribution is 6.31. The van der Waals surface area contributed by atoms with Crippen molar-refractivity contribution in [1.29, 1.82) is 0 Å². The molecule has 0 aromatic carbocycles. The van der Waals surface area contributed by atoms with Gasteiger partial charge in [0.25, 0.3) is 0 Å². The maximum absolute atomic E-state index is 11.7. The molecule has 6 heteroatoms. The molecule has 1 saturated heterocycles. The van der Waals surface area contributed by atoms with E-state index in [0.29, 0.717) is 16.5 Å². The number of nitrogen functional groups attached to an aromatic ring is 1. The molecule has 17 heavy (non-hydrogen) atoms. The number of anilines is 1. The largest absolute Gasteiger partial charge is 0.384 e. The second kappa shape index (κ2) is 4.33. The van der Waals surface area contributed by atoms with Crippen molar-refractivity contribution in [3.05, 3.63) is 22.8 Å². The topological polar surface area (TPSA) is 76.3 Å². The maximum atomic E-state index is 11.7. The van der Waals surface area contributed by atoms with Crippen molar-refractivity contribution in [2.24, 2.45) is 5.92 Å². The Hall–Kier alpha value is -1.62. The van der Waals surface area contributed by atoms with E-state index in [-0.39, 0.29) is 30.7 Å². The van der Waals surface area contributed by atoms with Crippen molar-refractivity contribution in [2.75, 3.05) is 5.73 Å². The second-order valence-corrected chi connectivity index (χ2v) is 4.50. The first-order chi connectivity index (χ1) is 7.99. The van der Waals surface area contributed by atoms with Gasteiger partial charge in [-0.3, -0.25) is 14.5 Å². The van der Waals surface area contributed by atoms with Gasteiger partial charge in [-0.25, -0.2) is 4.98 Å². The Morgan fingerprint density at radius 1 is 1.53 bits per heavy atom. The number of aromatic nitrogens is 1. The summed E-state index contributed by atoms with van der Waals surface area (Å²) in [4.78, 5) is 28.5. The van der Waals surface area contributed by atoms with Crippen LogP contribution >= 0.6 is 11.6 Å². The second-order valence-electron chi connectivity index (χ2n) is 4.09. The number of nitrogens with zero attached hydrogens (tertiary/aromatic N) is 2. The van der Waals surface area contributed by atoms with Crippen LogP contribution in [0.5, 0.6) is 0 Å². The molecular formula is C11H12ClN3O2. The van der Waals surface area contributed by atoms with Crippen LogP contribution in [0.4, 0.5) is 5.82 Å². The quantitative estimate of drug-likeness (QED) is 0.804. The van der Waals surface area contributed by atoms with Gasteiger partial charge in [0.1, 0.15) is 5.82 Å². The number of carbonyl (C=O) groups is 2. The van der Waals surface area contributed by atoms with Crippen LogP contribution in [0.15, 0.2) is 12.1 Å². The first-order valence-electron chi connectivity index (χ1n) is 5.24. The van der Waals surface area contributed by atoms with E-state index in [4.69, 9.17) is 17.3 Å². The van der Waals surface area contributed by atoms with E-state index in [1.54, 1.807) is 19.1 Å². The van der Waals surface area contributed by atoms with Crippen molar-refractivity contribution in [2.45, 2.75) is 19.9 Å². The van der Waals surface area contributed by atoms with Crippen LogP contribution in [0.1, 0.15) is 19.0 Å². The van der Waals surface area contributed by atoms with Crippen molar-refractivity contribution < 1.29 is 9.59 Å². The molecule has 0 radical (unpaired) electrons. The van der Waals surface area contributed by atoms with Gasteiger partial charge in [0.15, 0.2) is 0 Å². The van der Waals surface area contributed by atoms with Crippen LogP contribution in [0.3, 0.4) is 0 Å². The number of carbonyl (C=O) groups excluding carboxylic acids is 2. The van der Waals surface area contributed by atoms with E-state index in [2.05, 4.69) is 4.98 Å². The van der Waals surface area contributed by atoms with Gasteiger partial charge in [0.2, 0.25) is 11.8 Å². The summed E-state index contributed by atoms with van der Waals surface area (Å²) in [5, 5.41) is 0.402. The zero-order valence-electron chi connectivity index (χ0n) is 9.31. The highest BCUT2D eigenvalue weighted by atomic mass is 35.5. The summed E-state index contributed by atoms with van der Waals surface area (Å²) >= 11 is 5.94. The van der Waals surface area contributed by atoms with Crippen LogP contribution in [0.2, 0.25) is 5.02 Å². The van der Waals surface area contributed by atoms with Crippen molar-refractivity contribution >= 4 is 29.2 Å². The van der Waals surface area contributed by atoms with Crippen molar-refractivity contribution in [1.82, 2.24) is 9.88 Å². The predicted molar refractivity (Wildman–Crippen MR) is 63.0 cm³/mol. The fourth-order valence-electron chi connectivity index (χ4n) is 1.78. The van der Waals surface area contributed by atoms with Gasteiger partial charge in [0.05, 0.1) is 17.3 Å². The summed E-state index contributed by atoms with van der Waals surface area (Å²) in [6, 6.07) is 3.18. The zero-order valence-corrected chi connectivity index (χ0v) is 10.1. The summed E-state index contributed by atoms with van der Waals surface area (Å²) in [5.74, 6) is -0.322. The summed E-state index contributed by atoms with van der Waals surface area (Å²) in [7, 11) is 0. The molecule has 1 aliphatic rings. The third kappa shape index (κ3) is 2.24. The molecule has 2 rings (SSSR count). The highest BCUT2D eigenvalue weighted by Gasteiger charge is 2.35. The Morgan fingerprint density at radius 3 is 2.82 bits per heavy atom. The molecule has 0 bridgehead atoms. The SMILES string of the molecule is CC1CC(=O)N(Cc2nc(N)ccc2Cl)C1=O. The average molecular weight is 254 g/mol. The Labute approximate surface area is 104 Å². The first kappa shape index (κ1) is 11.9. The lowest BCUT2D eigenvalue weighted by atomic mass is 10.1. The van der Waals surface area contributed by atoms with Gasteiger partial charge in [-0.2, -0.15) is 0 Å². The number of imide groups is 1. The third-order valence-corrected chi connectivity index (χ3v) is 3.06. The van der Waals surface area contributed by atoms with Gasteiger partial charge < -0.3 is 5.73 Å². The van der Waals surface area contributed by atoms with E-state index >= 15 is 0 Å². The molecular weight excluding hydrogens is 242 g/mol. The zero-order chi connectivity index (χ0) is 12.6. The van der Waals surface area contributed by atoms with Crippen LogP contribution in [-0.2, 0) is 16.1 Å². The number of amides is 2. The molecule has 90 valence electrons. The van der Waals surface area contributed by atoms with E-state index < -0.39 is 0 Å². The fourth-order valence-corrected chi connectivity index (χ4v) is 1.94. The van der Waals surface area contributed by atoms with E-state index in [1.807, 2.05) is 0 Å². The number of pyridine rings is 1. The normalized spacial score (nSPS) is 20.1. The molecule has 1 unspecified atom stereocenters. The fraction of sp³-hybridized carbons (Fsp3) is 0.364. The Kier molecular flexibility index (Phi) is 3.02. The number of halogens is 1. The van der Waals surface area contributed by atoms with Gasteiger partial charge in [-0.1, -0.05) is 18.5 Å². The van der Waals surface area contributed by atoms with Gasteiger partial charge in [-0.05, 0) is 12.1 Å². The number of rotatable bonds is 2. The average Bonchev–Trinajstić information content (AvgIpc) is 2.50. The van der Waals surface area contributed by atoms with Gasteiger partial charge in [0, 0.05) is 12.3 Å². The van der Waals surface area contributed by atoms with Crippen molar-refractivity contribution in [3.8, 4) is 0 Å². The monoisotopic (exact) mass is 253 g/mol. The molecule has 2 amide bonds. The van der Waals surface area contributed by atoms with Gasteiger partial charge >= 0.3 is 0 Å². The number of nitrogens with two attached hydrogens (primary N) is 1. The number of likely N-dealkylation sites (tertiary alicyclic amines) is 1. The third-order valence-electron chi connectivity index (χ3n) is 2.72. The minimum Gasteiger partial charge on any atom is -0.384 e. The lowest BCUT2D eigenvalue weighted by Crippen LogP contribution is -2.30. The summed E-state index contributed by atoms with van der Waals surface area (Å²) in [6.45, 7) is 1.82. The van der Waals surface area contributed by atoms with E-state index in [9.17, 15) is 9.59 Å². The summed E-state index contributed by atoms with van der Waals surface area (Å²) in [5.41, 5.74) is 5.99. The van der Waals surface area contributed by atoms with Crippen LogP contribution < -0.4 is 5.73 Å². The van der Waals surface area contributed by atoms with E-state index in [1.165, 1.54) is 4.90 Å². The lowest BCUT2D eigenvalue weighted by molar-refractivity contribution is -0.139. The molecule has 1 aromatic rings. The first-order valence-corrected chi connectivity index (χ1v) is 5.62. The standard InChI is InChI=1S/C11H12ClN3O2/c1-6-4-10(16)15(11(6)17)5-8-7(12)2-3-9(13)14-8/h2-3,6H,4-5H2,1H3,(H2,13,14). The Balaban J connectivity index is 2.24. The summed E-state index contributed by atoms with van der Waals surface area (Å²) in [6.07, 6.45) is 0.249. The molecule has 5 nitrogen and oxygen atoms in total. The molecule has 1 aromatic heterocycles. The smallest absolute Gasteiger partial charge is 0.232 e. The molecule has 2 N–H and O–H groups in total. The van der Waals surface area contributed by atoms with Crippen LogP contribution in [0.25, 0.3) is 0 Å². The van der Waals surface area contributed by atoms with E-state index in [0.717, 1.165) is 0 Å². The number of hydrogen-bond acceptors (Lipinski definition) is 4. The molecule has 0 saturated carbocycles. The molecule has 0 spiro atoms. The predicted octanol–water partition coefficient (Wildman–Crippen LogP) is 1.21. The lowest BCUT2D eigenvalue weighted by Gasteiger charge is -2.14. The summed E-state index contributed by atoms with van der Waals surface area (Å²) < 4.78 is 0. The molecule has 1 aliphatic heterocycles. The Bertz CT molecular complexity index is 490. The molecule has 2 heterocycles. The van der Waals surface area contributed by atoms with Crippen LogP contribution in [-0.4, -0.2) is 21.7 Å². The Morgan fingerprint density at radius 2 is 2.24 bits per heavy atom. The molecule has 0 aliphatic carbocycles. The van der Waals surface area contributed by atoms with Crippen molar-refractivity contribution in [3.63, 3.8) is 0 Å². The van der Waals surface area contributed by atoms with Crippen LogP contribution in [0, 0.1) is 5.92 Å². The highest BCUT2D eigenvalue weighted by Crippen LogP contribution is 2.23. The minimum absolute atomic E-state index is 0.0892. The van der Waals surface area contributed by atoms with Gasteiger partial charge in [-0.15, -0.1) is 0 Å².